The molecule has 72 valence electrons. The van der Waals surface area contributed by atoms with E-state index in [1.54, 1.807) is 0 Å². The lowest BCUT2D eigenvalue weighted by molar-refractivity contribution is 0.0230. The minimum absolute atomic E-state index is 0.0298. The van der Waals surface area contributed by atoms with Gasteiger partial charge >= 0.3 is 0 Å². The van der Waals surface area contributed by atoms with Gasteiger partial charge in [-0.3, -0.25) is 5.32 Å². The third-order valence-electron chi connectivity index (χ3n) is 1.94. The zero-order chi connectivity index (χ0) is 9.19. The van der Waals surface area contributed by atoms with E-state index >= 15 is 0 Å². The molecule has 4 heteroatoms. The van der Waals surface area contributed by atoms with Crippen LogP contribution in [0.25, 0.3) is 0 Å². The van der Waals surface area contributed by atoms with Crippen LogP contribution in [0.5, 0.6) is 0 Å². The van der Waals surface area contributed by atoms with Crippen LogP contribution in [0.2, 0.25) is 0 Å². The van der Waals surface area contributed by atoms with Gasteiger partial charge in [0.1, 0.15) is 11.9 Å². The van der Waals surface area contributed by atoms with E-state index in [0.717, 1.165) is 0 Å². The van der Waals surface area contributed by atoms with E-state index in [1.807, 2.05) is 13.8 Å². The summed E-state index contributed by atoms with van der Waals surface area (Å²) in [5, 5.41) is 11.6. The number of hydrogen-bond donors (Lipinski definition) is 2. The van der Waals surface area contributed by atoms with E-state index in [9.17, 15) is 4.39 Å². The number of rotatable bonds is 3. The molecule has 0 aromatic carbocycles. The largest absolute Gasteiger partial charge is 0.393 e. The predicted octanol–water partition coefficient (Wildman–Crippen LogP) is 0.431. The zero-order valence-corrected chi connectivity index (χ0v) is 7.51. The van der Waals surface area contributed by atoms with Crippen molar-refractivity contribution in [2.75, 3.05) is 13.2 Å². The highest BCUT2D eigenvalue weighted by Gasteiger charge is 2.31. The SMILES string of the molecule is CC1(C)N[C@@H](C[C@H](F)CO)CO1. The normalized spacial score (nSPS) is 30.5. The molecule has 1 aliphatic heterocycles. The number of hydrogen-bond acceptors (Lipinski definition) is 3. The summed E-state index contributed by atoms with van der Waals surface area (Å²) in [6.45, 7) is 3.92. The number of halogens is 1. The average Bonchev–Trinajstić information content (AvgIpc) is 2.30. The molecule has 1 fully saturated rings. The third kappa shape index (κ3) is 2.69. The fraction of sp³-hybridized carbons (Fsp3) is 1.00. The summed E-state index contributed by atoms with van der Waals surface area (Å²) in [5.74, 6) is 0. The molecule has 0 aromatic rings. The summed E-state index contributed by atoms with van der Waals surface area (Å²) in [7, 11) is 0. The maximum Gasteiger partial charge on any atom is 0.125 e. The van der Waals surface area contributed by atoms with Crippen molar-refractivity contribution in [2.24, 2.45) is 0 Å². The Balaban J connectivity index is 2.28. The van der Waals surface area contributed by atoms with E-state index in [2.05, 4.69) is 5.32 Å². The van der Waals surface area contributed by atoms with E-state index in [4.69, 9.17) is 9.84 Å². The average molecular weight is 177 g/mol. The smallest absolute Gasteiger partial charge is 0.125 e. The van der Waals surface area contributed by atoms with Gasteiger partial charge in [0.2, 0.25) is 0 Å². The van der Waals surface area contributed by atoms with Gasteiger partial charge in [0, 0.05) is 6.04 Å². The molecule has 0 bridgehead atoms. The quantitative estimate of drug-likeness (QED) is 0.657. The summed E-state index contributed by atoms with van der Waals surface area (Å²) >= 11 is 0. The van der Waals surface area contributed by atoms with Crippen LogP contribution >= 0.6 is 0 Å². The van der Waals surface area contributed by atoms with Crippen LogP contribution in [0.4, 0.5) is 4.39 Å². The molecule has 0 aliphatic carbocycles. The molecule has 1 rings (SSSR count). The Kier molecular flexibility index (Phi) is 3.04. The summed E-state index contributed by atoms with van der Waals surface area (Å²) < 4.78 is 18.0. The molecule has 0 saturated carbocycles. The molecular weight excluding hydrogens is 161 g/mol. The lowest BCUT2D eigenvalue weighted by Crippen LogP contribution is -2.39. The monoisotopic (exact) mass is 177 g/mol. The number of aliphatic hydroxyl groups excluding tert-OH is 1. The second-order valence-electron chi connectivity index (χ2n) is 3.68. The highest BCUT2D eigenvalue weighted by Crippen LogP contribution is 2.17. The first-order valence-corrected chi connectivity index (χ1v) is 4.20. The first-order valence-electron chi connectivity index (χ1n) is 4.20. The van der Waals surface area contributed by atoms with Gasteiger partial charge in [-0.2, -0.15) is 0 Å². The van der Waals surface area contributed by atoms with Gasteiger partial charge in [0.25, 0.3) is 0 Å². The number of alkyl halides is 1. The fourth-order valence-electron chi connectivity index (χ4n) is 1.39. The van der Waals surface area contributed by atoms with E-state index in [1.165, 1.54) is 0 Å². The van der Waals surface area contributed by atoms with Crippen molar-refractivity contribution in [3.05, 3.63) is 0 Å². The second-order valence-corrected chi connectivity index (χ2v) is 3.68. The molecule has 12 heavy (non-hydrogen) atoms. The van der Waals surface area contributed by atoms with Gasteiger partial charge in [0.15, 0.2) is 0 Å². The Morgan fingerprint density at radius 2 is 2.42 bits per heavy atom. The number of ether oxygens (including phenoxy) is 1. The van der Waals surface area contributed by atoms with Gasteiger partial charge in [0.05, 0.1) is 13.2 Å². The summed E-state index contributed by atoms with van der Waals surface area (Å²) in [6.07, 6.45) is -0.820. The van der Waals surface area contributed by atoms with Gasteiger partial charge < -0.3 is 9.84 Å². The Morgan fingerprint density at radius 3 is 2.83 bits per heavy atom. The number of nitrogens with one attached hydrogen (secondary N) is 1. The molecule has 1 aliphatic rings. The van der Waals surface area contributed by atoms with Crippen molar-refractivity contribution >= 4 is 0 Å². The van der Waals surface area contributed by atoms with E-state index < -0.39 is 12.8 Å². The van der Waals surface area contributed by atoms with Crippen molar-refractivity contribution < 1.29 is 14.2 Å². The summed E-state index contributed by atoms with van der Waals surface area (Å²) in [6, 6.07) is 0.0298. The molecule has 1 heterocycles. The first kappa shape index (κ1) is 9.89. The molecule has 2 atom stereocenters. The second kappa shape index (κ2) is 3.68. The summed E-state index contributed by atoms with van der Waals surface area (Å²) in [4.78, 5) is 0. The van der Waals surface area contributed by atoms with Gasteiger partial charge in [-0.05, 0) is 20.3 Å². The molecule has 0 radical (unpaired) electrons. The predicted molar refractivity (Wildman–Crippen MR) is 43.6 cm³/mol. The lowest BCUT2D eigenvalue weighted by Gasteiger charge is -2.18. The van der Waals surface area contributed by atoms with Crippen LogP contribution in [0.1, 0.15) is 20.3 Å². The molecule has 3 nitrogen and oxygen atoms in total. The van der Waals surface area contributed by atoms with Crippen molar-refractivity contribution in [3.8, 4) is 0 Å². The topological polar surface area (TPSA) is 41.5 Å². The van der Waals surface area contributed by atoms with Crippen molar-refractivity contribution in [2.45, 2.75) is 38.2 Å². The Hall–Kier alpha value is -0.190. The highest BCUT2D eigenvalue weighted by atomic mass is 19.1. The minimum atomic E-state index is -1.14. The van der Waals surface area contributed by atoms with Crippen LogP contribution in [-0.4, -0.2) is 36.3 Å². The highest BCUT2D eigenvalue weighted by molar-refractivity contribution is 4.83. The zero-order valence-electron chi connectivity index (χ0n) is 7.51. The van der Waals surface area contributed by atoms with Crippen LogP contribution < -0.4 is 5.32 Å². The fourth-order valence-corrected chi connectivity index (χ4v) is 1.39. The van der Waals surface area contributed by atoms with Gasteiger partial charge in [-0.15, -0.1) is 0 Å². The van der Waals surface area contributed by atoms with Crippen LogP contribution in [0, 0.1) is 0 Å². The Bertz CT molecular complexity index is 152. The maximum atomic E-state index is 12.7. The van der Waals surface area contributed by atoms with Crippen LogP contribution in [-0.2, 0) is 4.74 Å². The van der Waals surface area contributed by atoms with Crippen molar-refractivity contribution in [1.82, 2.24) is 5.32 Å². The third-order valence-corrected chi connectivity index (χ3v) is 1.94. The van der Waals surface area contributed by atoms with Gasteiger partial charge in [-0.1, -0.05) is 0 Å². The van der Waals surface area contributed by atoms with Crippen LogP contribution in [0.15, 0.2) is 0 Å². The van der Waals surface area contributed by atoms with E-state index in [-0.39, 0.29) is 11.8 Å². The van der Waals surface area contributed by atoms with E-state index in [0.29, 0.717) is 13.0 Å². The first-order chi connectivity index (χ1) is 5.53. The van der Waals surface area contributed by atoms with Crippen molar-refractivity contribution in [1.29, 1.82) is 0 Å². The summed E-state index contributed by atoms with van der Waals surface area (Å²) in [5.41, 5.74) is -0.347. The standard InChI is InChI=1S/C8H16FNO2/c1-8(2)10-7(5-12-8)3-6(9)4-11/h6-7,10-11H,3-5H2,1-2H3/t6-,7-/m0/s1. The van der Waals surface area contributed by atoms with Gasteiger partial charge in [-0.25, -0.2) is 4.39 Å². The molecule has 1 saturated heterocycles. The molecule has 2 N–H and O–H groups in total. The maximum absolute atomic E-state index is 12.7. The van der Waals surface area contributed by atoms with Crippen molar-refractivity contribution in [3.63, 3.8) is 0 Å². The molecular formula is C8H16FNO2. The molecule has 0 amide bonds. The molecule has 0 spiro atoms. The Labute approximate surface area is 71.9 Å². The molecule has 0 aromatic heterocycles. The molecule has 0 unspecified atom stereocenters. The van der Waals surface area contributed by atoms with Crippen LogP contribution in [0.3, 0.4) is 0 Å². The lowest BCUT2D eigenvalue weighted by atomic mass is 10.1. The minimum Gasteiger partial charge on any atom is -0.393 e. The number of aliphatic hydroxyl groups is 1. The Morgan fingerprint density at radius 1 is 1.75 bits per heavy atom.